The van der Waals surface area contributed by atoms with Crippen molar-refractivity contribution in [2.75, 3.05) is 11.9 Å². The molecule has 5 heteroatoms. The normalized spacial score (nSPS) is 16.9. The molecule has 1 atom stereocenters. The molecule has 4 nitrogen and oxygen atoms in total. The summed E-state index contributed by atoms with van der Waals surface area (Å²) in [5, 5.41) is 0. The number of carbonyl (C=O) groups is 1. The molecule has 0 saturated carbocycles. The lowest BCUT2D eigenvalue weighted by molar-refractivity contribution is 0.0618. The lowest BCUT2D eigenvalue weighted by Crippen LogP contribution is -2.47. The van der Waals surface area contributed by atoms with Gasteiger partial charge in [-0.05, 0) is 42.0 Å². The molecule has 1 amide bonds. The summed E-state index contributed by atoms with van der Waals surface area (Å²) >= 11 is 0. The van der Waals surface area contributed by atoms with Crippen LogP contribution in [0.4, 0.5) is 10.1 Å². The molecule has 0 unspecified atom stereocenters. The van der Waals surface area contributed by atoms with Crippen LogP contribution in [0.1, 0.15) is 27.8 Å². The SMILES string of the molecule is CN1c2ccccc2C(=O)N(Cc2ccco2)[C@H]1c1cccc(F)c1. The van der Waals surface area contributed by atoms with Crippen LogP contribution in [-0.4, -0.2) is 17.9 Å². The summed E-state index contributed by atoms with van der Waals surface area (Å²) in [6.07, 6.45) is 1.17. The zero-order valence-corrected chi connectivity index (χ0v) is 13.7. The minimum Gasteiger partial charge on any atom is -0.467 e. The summed E-state index contributed by atoms with van der Waals surface area (Å²) in [6, 6.07) is 17.4. The Morgan fingerprint density at radius 1 is 1.08 bits per heavy atom. The quantitative estimate of drug-likeness (QED) is 0.719. The number of halogens is 1. The van der Waals surface area contributed by atoms with E-state index in [1.54, 1.807) is 23.3 Å². The molecule has 4 rings (SSSR count). The zero-order valence-electron chi connectivity index (χ0n) is 13.7. The minimum atomic E-state index is -0.414. The molecule has 1 aliphatic rings. The Bertz CT molecular complexity index is 908. The zero-order chi connectivity index (χ0) is 17.4. The highest BCUT2D eigenvalue weighted by atomic mass is 19.1. The molecule has 25 heavy (non-hydrogen) atoms. The molecule has 126 valence electrons. The van der Waals surface area contributed by atoms with Crippen LogP contribution in [0.2, 0.25) is 0 Å². The maximum Gasteiger partial charge on any atom is 0.258 e. The van der Waals surface area contributed by atoms with Crippen molar-refractivity contribution in [3.05, 3.63) is 89.6 Å². The third-order valence-electron chi connectivity index (χ3n) is 4.49. The van der Waals surface area contributed by atoms with E-state index >= 15 is 0 Å². The van der Waals surface area contributed by atoms with Crippen LogP contribution in [-0.2, 0) is 6.54 Å². The van der Waals surface area contributed by atoms with Crippen molar-refractivity contribution in [3.63, 3.8) is 0 Å². The topological polar surface area (TPSA) is 36.7 Å². The molecule has 1 aliphatic heterocycles. The monoisotopic (exact) mass is 336 g/mol. The molecule has 3 aromatic rings. The van der Waals surface area contributed by atoms with Gasteiger partial charge < -0.3 is 14.2 Å². The van der Waals surface area contributed by atoms with Gasteiger partial charge >= 0.3 is 0 Å². The highest BCUT2D eigenvalue weighted by Gasteiger charge is 2.37. The lowest BCUT2D eigenvalue weighted by Gasteiger charge is -2.43. The first kappa shape index (κ1) is 15.4. The smallest absolute Gasteiger partial charge is 0.258 e. The number of fused-ring (bicyclic) bond motifs is 1. The van der Waals surface area contributed by atoms with Gasteiger partial charge in [0.1, 0.15) is 17.7 Å². The van der Waals surface area contributed by atoms with Crippen molar-refractivity contribution >= 4 is 11.6 Å². The van der Waals surface area contributed by atoms with Crippen LogP contribution in [0.5, 0.6) is 0 Å². The van der Waals surface area contributed by atoms with Gasteiger partial charge in [-0.25, -0.2) is 4.39 Å². The Balaban J connectivity index is 1.83. The number of para-hydroxylation sites is 1. The van der Waals surface area contributed by atoms with E-state index < -0.39 is 6.17 Å². The van der Waals surface area contributed by atoms with Crippen LogP contribution >= 0.6 is 0 Å². The summed E-state index contributed by atoms with van der Waals surface area (Å²) < 4.78 is 19.2. The Hall–Kier alpha value is -3.08. The van der Waals surface area contributed by atoms with E-state index in [4.69, 9.17) is 4.42 Å². The molecule has 0 saturated heterocycles. The second-order valence-electron chi connectivity index (χ2n) is 6.07. The number of hydrogen-bond donors (Lipinski definition) is 0. The number of nitrogens with zero attached hydrogens (tertiary/aromatic N) is 2. The van der Waals surface area contributed by atoms with E-state index in [-0.39, 0.29) is 11.7 Å². The first-order valence-electron chi connectivity index (χ1n) is 8.06. The molecular weight excluding hydrogens is 319 g/mol. The molecule has 0 N–H and O–H groups in total. The van der Waals surface area contributed by atoms with Crippen LogP contribution in [0.25, 0.3) is 0 Å². The van der Waals surface area contributed by atoms with Gasteiger partial charge in [-0.2, -0.15) is 0 Å². The third kappa shape index (κ3) is 2.67. The highest BCUT2D eigenvalue weighted by molar-refractivity contribution is 6.02. The summed E-state index contributed by atoms with van der Waals surface area (Å²) in [5.74, 6) is 0.261. The van der Waals surface area contributed by atoms with Crippen molar-refractivity contribution in [1.82, 2.24) is 4.90 Å². The fourth-order valence-corrected chi connectivity index (χ4v) is 3.37. The molecule has 1 aromatic heterocycles. The van der Waals surface area contributed by atoms with E-state index in [1.807, 2.05) is 48.3 Å². The van der Waals surface area contributed by atoms with Gasteiger partial charge in [-0.1, -0.05) is 24.3 Å². The van der Waals surface area contributed by atoms with Gasteiger partial charge in [-0.15, -0.1) is 0 Å². The van der Waals surface area contributed by atoms with Gasteiger partial charge in [0.2, 0.25) is 0 Å². The van der Waals surface area contributed by atoms with E-state index in [9.17, 15) is 9.18 Å². The van der Waals surface area contributed by atoms with Crippen molar-refractivity contribution < 1.29 is 13.6 Å². The molecule has 2 aromatic carbocycles. The van der Waals surface area contributed by atoms with E-state index in [1.165, 1.54) is 12.1 Å². The van der Waals surface area contributed by atoms with E-state index in [2.05, 4.69) is 0 Å². The Morgan fingerprint density at radius 2 is 1.92 bits per heavy atom. The lowest BCUT2D eigenvalue weighted by atomic mass is 10.0. The van der Waals surface area contributed by atoms with Gasteiger partial charge in [0, 0.05) is 7.05 Å². The fraction of sp³-hybridized carbons (Fsp3) is 0.150. The predicted octanol–water partition coefficient (Wildman–Crippen LogP) is 4.21. The molecule has 0 bridgehead atoms. The summed E-state index contributed by atoms with van der Waals surface area (Å²) in [4.78, 5) is 16.8. The molecule has 0 aliphatic carbocycles. The van der Waals surface area contributed by atoms with Crippen molar-refractivity contribution in [1.29, 1.82) is 0 Å². The first-order chi connectivity index (χ1) is 12.1. The summed E-state index contributed by atoms with van der Waals surface area (Å²) in [5.41, 5.74) is 2.18. The van der Waals surface area contributed by atoms with Crippen LogP contribution in [0.15, 0.2) is 71.3 Å². The standard InChI is InChI=1S/C20H17FN2O2/c1-22-18-10-3-2-9-17(18)20(24)23(13-16-8-5-11-25-16)19(22)14-6-4-7-15(21)12-14/h2-12,19H,13H2,1H3/t19-/m0/s1. The average molecular weight is 336 g/mol. The number of amides is 1. The summed E-state index contributed by atoms with van der Waals surface area (Å²) in [7, 11) is 1.91. The van der Waals surface area contributed by atoms with E-state index in [0.29, 0.717) is 17.9 Å². The second kappa shape index (κ2) is 6.09. The minimum absolute atomic E-state index is 0.0978. The van der Waals surface area contributed by atoms with Gasteiger partial charge in [0.05, 0.1) is 24.1 Å². The van der Waals surface area contributed by atoms with Crippen molar-refractivity contribution in [2.45, 2.75) is 12.7 Å². The average Bonchev–Trinajstić information content (AvgIpc) is 3.13. The van der Waals surface area contributed by atoms with Crippen molar-refractivity contribution in [2.24, 2.45) is 0 Å². The number of hydrogen-bond acceptors (Lipinski definition) is 3. The highest BCUT2D eigenvalue weighted by Crippen LogP contribution is 2.38. The number of carbonyl (C=O) groups excluding carboxylic acids is 1. The number of rotatable bonds is 3. The van der Waals surface area contributed by atoms with Gasteiger partial charge in [0.25, 0.3) is 5.91 Å². The Kier molecular flexibility index (Phi) is 3.76. The van der Waals surface area contributed by atoms with Crippen LogP contribution < -0.4 is 4.90 Å². The molecule has 0 spiro atoms. The van der Waals surface area contributed by atoms with E-state index in [0.717, 1.165) is 11.3 Å². The molecular formula is C20H17FN2O2. The Labute approximate surface area is 145 Å². The predicted molar refractivity (Wildman–Crippen MR) is 92.6 cm³/mol. The summed E-state index contributed by atoms with van der Waals surface area (Å²) in [6.45, 7) is 0.311. The molecule has 0 fully saturated rings. The van der Waals surface area contributed by atoms with Crippen LogP contribution in [0, 0.1) is 5.82 Å². The number of anilines is 1. The van der Waals surface area contributed by atoms with Crippen molar-refractivity contribution in [3.8, 4) is 0 Å². The maximum atomic E-state index is 13.8. The van der Waals surface area contributed by atoms with Crippen LogP contribution in [0.3, 0.4) is 0 Å². The third-order valence-corrected chi connectivity index (χ3v) is 4.49. The van der Waals surface area contributed by atoms with Gasteiger partial charge in [-0.3, -0.25) is 4.79 Å². The number of benzene rings is 2. The molecule has 2 heterocycles. The maximum absolute atomic E-state index is 13.8. The molecule has 0 radical (unpaired) electrons. The number of furan rings is 1. The van der Waals surface area contributed by atoms with Gasteiger partial charge in [0.15, 0.2) is 0 Å². The Morgan fingerprint density at radius 3 is 2.68 bits per heavy atom. The largest absolute Gasteiger partial charge is 0.467 e. The second-order valence-corrected chi connectivity index (χ2v) is 6.07. The first-order valence-corrected chi connectivity index (χ1v) is 8.06. The fourth-order valence-electron chi connectivity index (χ4n) is 3.37.